The number of aryl methyl sites for hydroxylation is 2. The molecule has 0 radical (unpaired) electrons. The van der Waals surface area contributed by atoms with Gasteiger partial charge < -0.3 is 10.1 Å². The Bertz CT molecular complexity index is 1440. The Labute approximate surface area is 216 Å². The lowest BCUT2D eigenvalue weighted by molar-refractivity contribution is -0.115. The Morgan fingerprint density at radius 3 is 2.39 bits per heavy atom. The van der Waals surface area contributed by atoms with Crippen LogP contribution in [-0.4, -0.2) is 23.3 Å². The number of benzene rings is 3. The molecule has 36 heavy (non-hydrogen) atoms. The van der Waals surface area contributed by atoms with Crippen LogP contribution >= 0.6 is 11.8 Å². The van der Waals surface area contributed by atoms with Gasteiger partial charge in [-0.05, 0) is 44.5 Å². The van der Waals surface area contributed by atoms with Crippen molar-refractivity contribution in [1.29, 1.82) is 5.26 Å². The molecule has 1 atom stereocenters. The van der Waals surface area contributed by atoms with Crippen molar-refractivity contribution >= 4 is 23.4 Å². The Morgan fingerprint density at radius 2 is 1.69 bits per heavy atom. The number of aromatic nitrogens is 1. The summed E-state index contributed by atoms with van der Waals surface area (Å²) in [6.45, 7) is 5.81. The van der Waals surface area contributed by atoms with E-state index in [1.165, 1.54) is 11.8 Å². The van der Waals surface area contributed by atoms with Gasteiger partial charge in [0.2, 0.25) is 5.91 Å². The van der Waals surface area contributed by atoms with Crippen LogP contribution in [0.5, 0.6) is 5.75 Å². The second kappa shape index (κ2) is 11.1. The highest BCUT2D eigenvalue weighted by Crippen LogP contribution is 2.39. The lowest BCUT2D eigenvalue weighted by Crippen LogP contribution is -2.23. The summed E-state index contributed by atoms with van der Waals surface area (Å²) in [6, 6.07) is 27.6. The fraction of sp³-hybridized carbons (Fsp3) is 0.167. The third kappa shape index (κ3) is 5.42. The number of ether oxygens (including phenoxy) is 1. The van der Waals surface area contributed by atoms with Gasteiger partial charge in [0.15, 0.2) is 0 Å². The first-order valence-electron chi connectivity index (χ1n) is 11.6. The van der Waals surface area contributed by atoms with E-state index in [-0.39, 0.29) is 5.91 Å². The largest absolute Gasteiger partial charge is 0.496 e. The number of thioether (sulfide) groups is 1. The summed E-state index contributed by atoms with van der Waals surface area (Å²) in [5.74, 6) is 0.510. The van der Waals surface area contributed by atoms with Crippen LogP contribution in [0.25, 0.3) is 22.4 Å². The average Bonchev–Trinajstić information content (AvgIpc) is 2.89. The first-order valence-corrected chi connectivity index (χ1v) is 12.5. The van der Waals surface area contributed by atoms with E-state index in [2.05, 4.69) is 11.4 Å². The first-order chi connectivity index (χ1) is 17.4. The van der Waals surface area contributed by atoms with Crippen LogP contribution in [0, 0.1) is 25.2 Å². The van der Waals surface area contributed by atoms with Crippen molar-refractivity contribution in [3.63, 3.8) is 0 Å². The average molecular weight is 494 g/mol. The van der Waals surface area contributed by atoms with E-state index in [0.29, 0.717) is 16.3 Å². The van der Waals surface area contributed by atoms with Crippen molar-refractivity contribution < 1.29 is 9.53 Å². The van der Waals surface area contributed by atoms with E-state index >= 15 is 0 Å². The van der Waals surface area contributed by atoms with Crippen molar-refractivity contribution in [3.05, 3.63) is 95.6 Å². The number of nitriles is 1. The maximum atomic E-state index is 13.1. The molecule has 0 aliphatic heterocycles. The molecule has 180 valence electrons. The number of nitrogens with one attached hydrogen (secondary N) is 1. The SMILES string of the molecule is COc1ccccc1-c1cc(-c2ccc(C)cc2)nc(S[C@@H](C)C(=O)Nc2ccccc2C)c1C#N. The van der Waals surface area contributed by atoms with Crippen LogP contribution in [0.4, 0.5) is 5.69 Å². The molecule has 4 rings (SSSR count). The number of carbonyl (C=O) groups is 1. The van der Waals surface area contributed by atoms with Crippen LogP contribution in [0.3, 0.4) is 0 Å². The number of methoxy groups -OCH3 is 1. The fourth-order valence-electron chi connectivity index (χ4n) is 3.84. The molecular formula is C30H27N3O2S. The molecule has 1 heterocycles. The number of hydrogen-bond donors (Lipinski definition) is 1. The normalized spacial score (nSPS) is 11.4. The number of para-hydroxylation sites is 2. The van der Waals surface area contributed by atoms with E-state index in [1.54, 1.807) is 7.11 Å². The van der Waals surface area contributed by atoms with Crippen LogP contribution in [0.1, 0.15) is 23.6 Å². The van der Waals surface area contributed by atoms with Gasteiger partial charge in [0.05, 0.1) is 23.6 Å². The van der Waals surface area contributed by atoms with Gasteiger partial charge in [0.25, 0.3) is 0 Å². The molecule has 6 heteroatoms. The summed E-state index contributed by atoms with van der Waals surface area (Å²) in [4.78, 5) is 17.9. The van der Waals surface area contributed by atoms with E-state index in [1.807, 2.05) is 99.6 Å². The lowest BCUT2D eigenvalue weighted by Gasteiger charge is -2.17. The van der Waals surface area contributed by atoms with Gasteiger partial charge in [-0.2, -0.15) is 5.26 Å². The minimum Gasteiger partial charge on any atom is -0.496 e. The lowest BCUT2D eigenvalue weighted by atomic mass is 9.98. The van der Waals surface area contributed by atoms with Gasteiger partial charge in [-0.15, -0.1) is 0 Å². The molecule has 0 aliphatic rings. The fourth-order valence-corrected chi connectivity index (χ4v) is 4.76. The Kier molecular flexibility index (Phi) is 7.72. The molecule has 4 aromatic rings. The number of hydrogen-bond acceptors (Lipinski definition) is 5. The zero-order chi connectivity index (χ0) is 25.7. The van der Waals surface area contributed by atoms with Gasteiger partial charge >= 0.3 is 0 Å². The molecule has 3 aromatic carbocycles. The van der Waals surface area contributed by atoms with Crippen LogP contribution < -0.4 is 10.1 Å². The van der Waals surface area contributed by atoms with Crippen molar-refractivity contribution in [3.8, 4) is 34.2 Å². The predicted octanol–water partition coefficient (Wildman–Crippen LogP) is 7.03. The van der Waals surface area contributed by atoms with Crippen LogP contribution in [0.15, 0.2) is 83.9 Å². The van der Waals surface area contributed by atoms with Crippen molar-refractivity contribution in [2.24, 2.45) is 0 Å². The third-order valence-electron chi connectivity index (χ3n) is 5.90. The van der Waals surface area contributed by atoms with E-state index < -0.39 is 5.25 Å². The number of nitrogens with zero attached hydrogens (tertiary/aromatic N) is 2. The second-order valence-electron chi connectivity index (χ2n) is 8.48. The highest BCUT2D eigenvalue weighted by Gasteiger charge is 2.23. The number of amides is 1. The molecule has 0 unspecified atom stereocenters. The Hall–Kier alpha value is -4.08. The van der Waals surface area contributed by atoms with Gasteiger partial charge in [-0.3, -0.25) is 4.79 Å². The molecule has 1 aromatic heterocycles. The monoisotopic (exact) mass is 493 g/mol. The van der Waals surface area contributed by atoms with Gasteiger partial charge in [0, 0.05) is 22.4 Å². The number of pyridine rings is 1. The predicted molar refractivity (Wildman–Crippen MR) is 146 cm³/mol. The smallest absolute Gasteiger partial charge is 0.237 e. The highest BCUT2D eigenvalue weighted by atomic mass is 32.2. The zero-order valence-electron chi connectivity index (χ0n) is 20.7. The first kappa shape index (κ1) is 25.0. The number of anilines is 1. The van der Waals surface area contributed by atoms with Crippen molar-refractivity contribution in [2.75, 3.05) is 12.4 Å². The van der Waals surface area contributed by atoms with Crippen LogP contribution in [0.2, 0.25) is 0 Å². The topological polar surface area (TPSA) is 75.0 Å². The minimum atomic E-state index is -0.483. The van der Waals surface area contributed by atoms with Gasteiger partial charge in [-0.25, -0.2) is 4.98 Å². The molecule has 1 N–H and O–H groups in total. The minimum absolute atomic E-state index is 0.153. The highest BCUT2D eigenvalue weighted by molar-refractivity contribution is 8.00. The maximum absolute atomic E-state index is 13.1. The molecule has 0 spiro atoms. The standard InChI is InChI=1S/C30H27N3O2S/c1-19-13-15-22(16-14-19)27-17-24(23-10-6-8-12-28(23)35-4)25(18-31)30(33-27)36-21(3)29(34)32-26-11-7-5-9-20(26)2/h5-17,21H,1-4H3,(H,32,34)/t21-/m0/s1. The second-order valence-corrected chi connectivity index (χ2v) is 9.81. The van der Waals surface area contributed by atoms with E-state index in [9.17, 15) is 10.1 Å². The molecule has 0 bridgehead atoms. The molecule has 1 amide bonds. The number of rotatable bonds is 7. The van der Waals surface area contributed by atoms with E-state index in [0.717, 1.165) is 39.2 Å². The zero-order valence-corrected chi connectivity index (χ0v) is 21.5. The maximum Gasteiger partial charge on any atom is 0.237 e. The van der Waals surface area contributed by atoms with Crippen LogP contribution in [-0.2, 0) is 4.79 Å². The Morgan fingerprint density at radius 1 is 1.00 bits per heavy atom. The molecular weight excluding hydrogens is 466 g/mol. The summed E-state index contributed by atoms with van der Waals surface area (Å²) >= 11 is 1.28. The summed E-state index contributed by atoms with van der Waals surface area (Å²) in [7, 11) is 1.61. The van der Waals surface area contributed by atoms with Crippen molar-refractivity contribution in [1.82, 2.24) is 4.98 Å². The number of carbonyl (C=O) groups excluding carboxylic acids is 1. The molecule has 0 saturated heterocycles. The quantitative estimate of drug-likeness (QED) is 0.280. The van der Waals surface area contributed by atoms with E-state index in [4.69, 9.17) is 9.72 Å². The molecule has 0 aliphatic carbocycles. The van der Waals surface area contributed by atoms with Gasteiger partial charge in [-0.1, -0.05) is 78.0 Å². The van der Waals surface area contributed by atoms with Crippen molar-refractivity contribution in [2.45, 2.75) is 31.0 Å². The summed E-state index contributed by atoms with van der Waals surface area (Å²) in [5.41, 5.74) is 6.49. The Balaban J connectivity index is 1.78. The van der Waals surface area contributed by atoms with Gasteiger partial charge in [0.1, 0.15) is 16.8 Å². The molecule has 0 saturated carbocycles. The summed E-state index contributed by atoms with van der Waals surface area (Å²) in [5, 5.41) is 13.2. The summed E-state index contributed by atoms with van der Waals surface area (Å²) in [6.07, 6.45) is 0. The molecule has 0 fully saturated rings. The summed E-state index contributed by atoms with van der Waals surface area (Å²) < 4.78 is 5.60. The molecule has 5 nitrogen and oxygen atoms in total. The third-order valence-corrected chi connectivity index (χ3v) is 6.99.